The number of nitrogens with one attached hydrogen (secondary N) is 2. The molecule has 236 valence electrons. The number of likely N-dealkylation sites (N-methyl/N-ethyl adjacent to an activating group) is 2. The van der Waals surface area contributed by atoms with Gasteiger partial charge in [-0.2, -0.15) is 0 Å². The number of ether oxygens (including phenoxy) is 1. The summed E-state index contributed by atoms with van der Waals surface area (Å²) in [6, 6.07) is 12.6. The molecule has 44 heavy (non-hydrogen) atoms. The van der Waals surface area contributed by atoms with E-state index >= 15 is 0 Å². The Kier molecular flexibility index (Phi) is 8.60. The largest absolute Gasteiger partial charge is 0.497 e. The maximum atomic E-state index is 13.6. The van der Waals surface area contributed by atoms with Crippen LogP contribution in [0.25, 0.3) is 22.2 Å². The SMILES string of the molecule is COc1ccc2c(c1)C1CC1(NC(=O)N(C)CCN(C)C)Cn1c-2c(C2CCCCC2)c2ccc(C(=O)NSN(C)C)cc21. The Balaban J connectivity index is 1.50. The molecule has 1 aliphatic heterocycles. The Labute approximate surface area is 265 Å². The molecule has 2 saturated carbocycles. The van der Waals surface area contributed by atoms with Gasteiger partial charge >= 0.3 is 6.03 Å². The molecule has 3 aromatic rings. The van der Waals surface area contributed by atoms with Gasteiger partial charge in [-0.25, -0.2) is 9.10 Å². The van der Waals surface area contributed by atoms with E-state index in [9.17, 15) is 9.59 Å². The van der Waals surface area contributed by atoms with E-state index < -0.39 is 5.54 Å². The van der Waals surface area contributed by atoms with Crippen molar-refractivity contribution in [1.29, 1.82) is 0 Å². The van der Waals surface area contributed by atoms with Crippen molar-refractivity contribution in [2.45, 2.75) is 62.4 Å². The smallest absolute Gasteiger partial charge is 0.317 e. The summed E-state index contributed by atoms with van der Waals surface area (Å²) in [6.45, 7) is 2.10. The highest BCUT2D eigenvalue weighted by molar-refractivity contribution is 7.95. The summed E-state index contributed by atoms with van der Waals surface area (Å²) < 4.78 is 13.0. The molecule has 0 radical (unpaired) electrons. The van der Waals surface area contributed by atoms with Gasteiger partial charge in [-0.15, -0.1) is 0 Å². The first kappa shape index (κ1) is 30.8. The van der Waals surface area contributed by atoms with Gasteiger partial charge in [0.2, 0.25) is 0 Å². The van der Waals surface area contributed by atoms with E-state index in [4.69, 9.17) is 4.74 Å². The predicted molar refractivity (Wildman–Crippen MR) is 178 cm³/mol. The lowest BCUT2D eigenvalue weighted by Crippen LogP contribution is -2.48. The fourth-order valence-corrected chi connectivity index (χ4v) is 7.63. The number of methoxy groups -OCH3 is 1. The summed E-state index contributed by atoms with van der Waals surface area (Å²) in [6.07, 6.45) is 6.94. The van der Waals surface area contributed by atoms with Crippen LogP contribution in [0, 0.1) is 0 Å². The van der Waals surface area contributed by atoms with Gasteiger partial charge in [0, 0.05) is 66.8 Å². The van der Waals surface area contributed by atoms with Crippen molar-refractivity contribution in [2.75, 3.05) is 55.4 Å². The van der Waals surface area contributed by atoms with E-state index in [1.165, 1.54) is 72.0 Å². The van der Waals surface area contributed by atoms with Crippen LogP contribution in [-0.4, -0.2) is 91.6 Å². The highest BCUT2D eigenvalue weighted by atomic mass is 32.2. The molecule has 6 rings (SSSR count). The highest BCUT2D eigenvalue weighted by Gasteiger charge is 2.59. The van der Waals surface area contributed by atoms with Crippen LogP contribution in [0.4, 0.5) is 4.79 Å². The van der Waals surface area contributed by atoms with Crippen molar-refractivity contribution < 1.29 is 14.3 Å². The number of hydrogen-bond acceptors (Lipinski definition) is 6. The molecule has 0 saturated heterocycles. The molecular formula is C34H46N6O3S. The minimum absolute atomic E-state index is 0.0491. The molecule has 3 aliphatic rings. The lowest BCUT2D eigenvalue weighted by Gasteiger charge is -2.26. The van der Waals surface area contributed by atoms with Gasteiger partial charge in [-0.1, -0.05) is 25.3 Å². The molecule has 2 aromatic carbocycles. The minimum atomic E-state index is -0.426. The molecule has 1 aromatic heterocycles. The summed E-state index contributed by atoms with van der Waals surface area (Å²) in [5.41, 5.74) is 6.36. The van der Waals surface area contributed by atoms with Crippen LogP contribution in [0.3, 0.4) is 0 Å². The zero-order chi connectivity index (χ0) is 31.2. The molecule has 2 N–H and O–H groups in total. The van der Waals surface area contributed by atoms with Gasteiger partial charge in [0.15, 0.2) is 0 Å². The van der Waals surface area contributed by atoms with Crippen molar-refractivity contribution in [3.05, 3.63) is 53.1 Å². The maximum absolute atomic E-state index is 13.6. The number of nitrogens with zero attached hydrogens (tertiary/aromatic N) is 4. The quantitative estimate of drug-likeness (QED) is 0.301. The van der Waals surface area contributed by atoms with Crippen LogP contribution in [0.5, 0.6) is 5.75 Å². The summed E-state index contributed by atoms with van der Waals surface area (Å²) in [5.74, 6) is 1.35. The first-order chi connectivity index (χ1) is 21.1. The maximum Gasteiger partial charge on any atom is 0.317 e. The van der Waals surface area contributed by atoms with Gasteiger partial charge in [0.05, 0.1) is 18.3 Å². The van der Waals surface area contributed by atoms with Gasteiger partial charge in [0.1, 0.15) is 5.75 Å². The predicted octanol–water partition coefficient (Wildman–Crippen LogP) is 5.66. The van der Waals surface area contributed by atoms with Gasteiger partial charge in [-0.3, -0.25) is 9.52 Å². The van der Waals surface area contributed by atoms with Crippen LogP contribution in [0.15, 0.2) is 36.4 Å². The Bertz CT molecular complexity index is 1560. The topological polar surface area (TPSA) is 82.1 Å². The third-order valence-corrected chi connectivity index (χ3v) is 10.3. The zero-order valence-corrected chi connectivity index (χ0v) is 27.7. The molecular weight excluding hydrogens is 572 g/mol. The Morgan fingerprint density at radius 1 is 1.02 bits per heavy atom. The number of aromatic nitrogens is 1. The Morgan fingerprint density at radius 2 is 1.80 bits per heavy atom. The van der Waals surface area contributed by atoms with Crippen LogP contribution in [-0.2, 0) is 6.54 Å². The number of urea groups is 1. The van der Waals surface area contributed by atoms with Crippen molar-refractivity contribution in [3.8, 4) is 17.0 Å². The van der Waals surface area contributed by atoms with E-state index in [1.807, 2.05) is 45.6 Å². The van der Waals surface area contributed by atoms with Crippen molar-refractivity contribution in [3.63, 3.8) is 0 Å². The number of hydrogen-bond donors (Lipinski definition) is 2. The van der Waals surface area contributed by atoms with Crippen LogP contribution >= 0.6 is 12.1 Å². The molecule has 3 amide bonds. The number of fused-ring (bicyclic) bond motifs is 7. The first-order valence-electron chi connectivity index (χ1n) is 15.8. The first-order valence-corrected chi connectivity index (χ1v) is 16.6. The fraction of sp³-hybridized carbons (Fsp3) is 0.529. The molecule has 2 unspecified atom stereocenters. The molecule has 9 nitrogen and oxygen atoms in total. The third kappa shape index (κ3) is 5.79. The second-order valence-corrected chi connectivity index (χ2v) is 14.4. The summed E-state index contributed by atoms with van der Waals surface area (Å²) in [7, 11) is 11.4. The van der Waals surface area contributed by atoms with Crippen LogP contribution in [0.1, 0.15) is 71.8 Å². The average molecular weight is 619 g/mol. The van der Waals surface area contributed by atoms with Crippen LogP contribution in [0.2, 0.25) is 0 Å². The average Bonchev–Trinajstić information content (AvgIpc) is 3.65. The monoisotopic (exact) mass is 618 g/mol. The lowest BCUT2D eigenvalue weighted by atomic mass is 9.81. The molecule has 10 heteroatoms. The molecule has 2 heterocycles. The molecule has 2 fully saturated rings. The second-order valence-electron chi connectivity index (χ2n) is 13.3. The van der Waals surface area contributed by atoms with Gasteiger partial charge in [-0.05, 0) is 94.8 Å². The summed E-state index contributed by atoms with van der Waals surface area (Å²) in [4.78, 5) is 30.7. The molecule has 2 atom stereocenters. The number of benzene rings is 2. The zero-order valence-electron chi connectivity index (χ0n) is 26.9. The van der Waals surface area contributed by atoms with E-state index in [0.717, 1.165) is 24.2 Å². The number of rotatable bonds is 9. The Morgan fingerprint density at radius 3 is 2.50 bits per heavy atom. The molecule has 0 spiro atoms. The minimum Gasteiger partial charge on any atom is -0.497 e. The normalized spacial score (nSPS) is 21.0. The number of carbonyl (C=O) groups excluding carboxylic acids is 2. The van der Waals surface area contributed by atoms with Gasteiger partial charge < -0.3 is 24.4 Å². The number of carbonyl (C=O) groups is 2. The van der Waals surface area contributed by atoms with Crippen molar-refractivity contribution in [1.82, 2.24) is 28.7 Å². The second kappa shape index (κ2) is 12.3. The fourth-order valence-electron chi connectivity index (χ4n) is 7.25. The van der Waals surface area contributed by atoms with E-state index in [2.05, 4.69) is 49.8 Å². The van der Waals surface area contributed by atoms with Crippen molar-refractivity contribution in [2.24, 2.45) is 0 Å². The molecule has 0 bridgehead atoms. The van der Waals surface area contributed by atoms with E-state index in [1.54, 1.807) is 12.0 Å². The third-order valence-electron chi connectivity index (χ3n) is 9.69. The number of amides is 3. The molecule has 2 aliphatic carbocycles. The van der Waals surface area contributed by atoms with Gasteiger partial charge in [0.25, 0.3) is 5.91 Å². The van der Waals surface area contributed by atoms with Crippen LogP contribution < -0.4 is 14.8 Å². The summed E-state index contributed by atoms with van der Waals surface area (Å²) >= 11 is 1.28. The summed E-state index contributed by atoms with van der Waals surface area (Å²) in [5, 5.41) is 4.71. The van der Waals surface area contributed by atoms with E-state index in [0.29, 0.717) is 24.6 Å². The lowest BCUT2D eigenvalue weighted by molar-refractivity contribution is 0.0983. The van der Waals surface area contributed by atoms with Crippen molar-refractivity contribution >= 4 is 35.0 Å². The standard InChI is InChI=1S/C34H46N6O3S/c1-37(2)16-17-39(5)33(42)35-34-20-28(34)27-19-24(43-6)13-15-25(27)31-30(22-10-8-7-9-11-22)26-14-12-23(18-29(26)40(31)21-34)32(41)36-44-38(3)4/h12-15,18-19,22,28H,7-11,16-17,20-21H2,1-6H3,(H,35,42)(H,36,41). The van der Waals surface area contributed by atoms with E-state index in [-0.39, 0.29) is 17.9 Å². The Hall–Kier alpha value is -3.21. The highest BCUT2D eigenvalue weighted by Crippen LogP contribution is 2.60.